The van der Waals surface area contributed by atoms with E-state index in [2.05, 4.69) is 41.8 Å². The Morgan fingerprint density at radius 1 is 1.33 bits per heavy atom. The molecule has 8 nitrogen and oxygen atoms in total. The number of carbonyl (C=O) groups excluding carboxylic acids is 1. The lowest BCUT2D eigenvalue weighted by molar-refractivity contribution is 0.215. The first-order valence-corrected chi connectivity index (χ1v) is 4.61. The first-order valence-electron chi connectivity index (χ1n) is 4.61. The molecular formula is C10H11N7O. The molecule has 1 aliphatic rings. The second-order valence-electron chi connectivity index (χ2n) is 3.12. The molecule has 1 saturated heterocycles. The Morgan fingerprint density at radius 2 is 1.89 bits per heavy atom. The van der Waals surface area contributed by atoms with Gasteiger partial charge in [-0.3, -0.25) is 4.90 Å². The maximum absolute atomic E-state index is 11.6. The van der Waals surface area contributed by atoms with Crippen molar-refractivity contribution in [2.75, 3.05) is 0 Å². The van der Waals surface area contributed by atoms with E-state index < -0.39 is 6.03 Å². The van der Waals surface area contributed by atoms with Crippen molar-refractivity contribution < 1.29 is 4.79 Å². The van der Waals surface area contributed by atoms with Gasteiger partial charge >= 0.3 is 6.03 Å². The molecule has 92 valence electrons. The van der Waals surface area contributed by atoms with Crippen molar-refractivity contribution >= 4 is 18.7 Å². The number of hydrogen-bond acceptors (Lipinski definition) is 4. The summed E-state index contributed by atoms with van der Waals surface area (Å²) in [6, 6.07) is -0.695. The van der Waals surface area contributed by atoms with Crippen LogP contribution in [-0.2, 0) is 0 Å². The molecule has 8 heteroatoms. The summed E-state index contributed by atoms with van der Waals surface area (Å²) in [5.74, 6) is 0.366. The Labute approximate surface area is 104 Å². The summed E-state index contributed by atoms with van der Waals surface area (Å²) < 4.78 is 0. The topological polar surface area (TPSA) is 110 Å². The summed E-state index contributed by atoms with van der Waals surface area (Å²) >= 11 is 0. The van der Waals surface area contributed by atoms with Crippen molar-refractivity contribution in [2.24, 2.45) is 15.7 Å². The molecule has 0 atom stereocenters. The van der Waals surface area contributed by atoms with Crippen LogP contribution in [0.4, 0.5) is 4.79 Å². The number of amides is 2. The van der Waals surface area contributed by atoms with Crippen molar-refractivity contribution in [2.45, 2.75) is 0 Å². The lowest BCUT2D eigenvalue weighted by Crippen LogP contribution is -2.52. The van der Waals surface area contributed by atoms with Crippen LogP contribution in [0.5, 0.6) is 0 Å². The second kappa shape index (κ2) is 4.84. The van der Waals surface area contributed by atoms with Crippen LogP contribution in [0.15, 0.2) is 47.2 Å². The Hall–Kier alpha value is -3.08. The summed E-state index contributed by atoms with van der Waals surface area (Å²) in [7, 11) is 0. The van der Waals surface area contributed by atoms with E-state index in [-0.39, 0.29) is 23.4 Å². The van der Waals surface area contributed by atoms with Gasteiger partial charge in [0.1, 0.15) is 17.5 Å². The second-order valence-corrected chi connectivity index (χ2v) is 3.12. The monoisotopic (exact) mass is 245 g/mol. The lowest BCUT2D eigenvalue weighted by Gasteiger charge is -2.39. The number of urea groups is 1. The fraction of sp³-hybridized carbons (Fsp3) is 0. The van der Waals surface area contributed by atoms with E-state index >= 15 is 0 Å². The molecule has 0 aromatic heterocycles. The van der Waals surface area contributed by atoms with Gasteiger partial charge in [0.2, 0.25) is 12.2 Å². The van der Waals surface area contributed by atoms with Crippen molar-refractivity contribution in [3.63, 3.8) is 0 Å². The van der Waals surface area contributed by atoms with Crippen molar-refractivity contribution in [3.05, 3.63) is 37.2 Å². The number of nitrogens with two attached hydrogens (primary N) is 1. The molecule has 18 heavy (non-hydrogen) atoms. The zero-order valence-corrected chi connectivity index (χ0v) is 9.55. The quantitative estimate of drug-likeness (QED) is 0.360. The highest BCUT2D eigenvalue weighted by molar-refractivity contribution is 5.87. The molecule has 0 radical (unpaired) electrons. The van der Waals surface area contributed by atoms with Crippen LogP contribution >= 0.6 is 0 Å². The van der Waals surface area contributed by atoms with Gasteiger partial charge in [0.25, 0.3) is 0 Å². The third-order valence-corrected chi connectivity index (χ3v) is 2.06. The van der Waals surface area contributed by atoms with Crippen LogP contribution in [0.25, 0.3) is 0 Å². The molecule has 1 aliphatic heterocycles. The van der Waals surface area contributed by atoms with Crippen LogP contribution in [0.2, 0.25) is 0 Å². The highest BCUT2D eigenvalue weighted by Gasteiger charge is 2.32. The average molecular weight is 245 g/mol. The zero-order chi connectivity index (χ0) is 13.9. The fourth-order valence-corrected chi connectivity index (χ4v) is 1.36. The number of nitriles is 1. The fourth-order valence-electron chi connectivity index (χ4n) is 1.36. The number of carbonyl (C=O) groups is 1. The number of guanidine groups is 1. The minimum absolute atomic E-state index is 0.0950. The van der Waals surface area contributed by atoms with E-state index in [0.29, 0.717) is 0 Å². The molecule has 3 N–H and O–H groups in total. The van der Waals surface area contributed by atoms with Crippen LogP contribution in [0.3, 0.4) is 0 Å². The van der Waals surface area contributed by atoms with E-state index in [1.165, 1.54) is 11.1 Å². The van der Waals surface area contributed by atoms with E-state index in [4.69, 9.17) is 11.0 Å². The minimum atomic E-state index is -0.695. The van der Waals surface area contributed by atoms with Gasteiger partial charge in [-0.15, -0.1) is 4.99 Å². The predicted molar refractivity (Wildman–Crippen MR) is 66.4 cm³/mol. The normalized spacial score (nSPS) is 16.2. The molecule has 0 aliphatic carbocycles. The molecule has 0 bridgehead atoms. The largest absolute Gasteiger partial charge is 0.368 e. The Balaban J connectivity index is 3.19. The molecule has 0 unspecified atom stereocenters. The number of hydrogen-bond donors (Lipinski definition) is 2. The molecular weight excluding hydrogens is 234 g/mol. The number of nitrogens with one attached hydrogen (secondary N) is 1. The molecule has 0 aromatic rings. The molecule has 1 fully saturated rings. The van der Waals surface area contributed by atoms with Crippen LogP contribution in [0, 0.1) is 11.5 Å². The predicted octanol–water partition coefficient (Wildman–Crippen LogP) is 0.224. The third-order valence-electron chi connectivity index (χ3n) is 2.06. The number of nitrogens with zero attached hydrogens (tertiary/aromatic N) is 5. The maximum atomic E-state index is 11.6. The van der Waals surface area contributed by atoms with E-state index in [1.807, 2.05) is 0 Å². The number of rotatable bonds is 0. The standard InChI is InChI=1S/C10H11N7O/c1-6-15-7(2)17(10(18)13-4)8(3)16(6)9(12)14-5-11/h15H,1-4H2,(H2,12,14). The Kier molecular flexibility index (Phi) is 3.49. The summed E-state index contributed by atoms with van der Waals surface area (Å²) in [6.45, 7) is 14.1. The molecule has 0 spiro atoms. The SMILES string of the molecule is C=NC(=O)N1C(=C)NC(=C)N(C(N)=NC#N)C1=C. The van der Waals surface area contributed by atoms with Crippen LogP contribution in [0.1, 0.15) is 0 Å². The first kappa shape index (κ1) is 13.0. The summed E-state index contributed by atoms with van der Waals surface area (Å²) in [4.78, 5) is 20.4. The van der Waals surface area contributed by atoms with Crippen molar-refractivity contribution in [1.29, 1.82) is 5.26 Å². The van der Waals surface area contributed by atoms with Crippen LogP contribution in [-0.4, -0.2) is 28.5 Å². The van der Waals surface area contributed by atoms with Gasteiger partial charge in [-0.25, -0.2) is 14.7 Å². The van der Waals surface area contributed by atoms with E-state index in [0.717, 1.165) is 4.90 Å². The van der Waals surface area contributed by atoms with Gasteiger partial charge in [-0.1, -0.05) is 19.7 Å². The average Bonchev–Trinajstić information content (AvgIpc) is 2.28. The number of aliphatic imine (C=N–C) groups is 2. The van der Waals surface area contributed by atoms with E-state index in [9.17, 15) is 4.79 Å². The van der Waals surface area contributed by atoms with E-state index in [1.54, 1.807) is 0 Å². The molecule has 1 heterocycles. The smallest absolute Gasteiger partial charge is 0.354 e. The van der Waals surface area contributed by atoms with Crippen LogP contribution < -0.4 is 11.1 Å². The molecule has 0 saturated carbocycles. The van der Waals surface area contributed by atoms with Crippen molar-refractivity contribution in [1.82, 2.24) is 15.1 Å². The summed E-state index contributed by atoms with van der Waals surface area (Å²) in [6.07, 6.45) is 1.52. The van der Waals surface area contributed by atoms with Gasteiger partial charge < -0.3 is 11.1 Å². The first-order chi connectivity index (χ1) is 8.43. The molecule has 2 amide bonds. The zero-order valence-electron chi connectivity index (χ0n) is 9.55. The summed E-state index contributed by atoms with van der Waals surface area (Å²) in [5, 5.41) is 11.2. The Morgan fingerprint density at radius 3 is 2.39 bits per heavy atom. The van der Waals surface area contributed by atoms with Crippen molar-refractivity contribution in [3.8, 4) is 6.19 Å². The summed E-state index contributed by atoms with van der Waals surface area (Å²) in [5.41, 5.74) is 5.57. The van der Waals surface area contributed by atoms with Gasteiger partial charge in [0.05, 0.1) is 0 Å². The Bertz CT molecular complexity index is 525. The highest BCUT2D eigenvalue weighted by Crippen LogP contribution is 2.23. The van der Waals surface area contributed by atoms with Gasteiger partial charge in [0, 0.05) is 0 Å². The lowest BCUT2D eigenvalue weighted by atomic mass is 10.4. The molecule has 1 rings (SSSR count). The molecule has 0 aromatic carbocycles. The third kappa shape index (κ3) is 2.05. The van der Waals surface area contributed by atoms with Gasteiger partial charge in [-0.2, -0.15) is 5.26 Å². The maximum Gasteiger partial charge on any atom is 0.354 e. The van der Waals surface area contributed by atoms with Gasteiger partial charge in [-0.05, 0) is 6.72 Å². The van der Waals surface area contributed by atoms with Gasteiger partial charge in [0.15, 0.2) is 0 Å². The highest BCUT2D eigenvalue weighted by atomic mass is 16.2. The minimum Gasteiger partial charge on any atom is -0.368 e.